The van der Waals surface area contributed by atoms with Gasteiger partial charge in [-0.05, 0) is 25.0 Å². The lowest BCUT2D eigenvalue weighted by atomic mass is 9.96. The summed E-state index contributed by atoms with van der Waals surface area (Å²) in [7, 11) is -2.35. The van der Waals surface area contributed by atoms with Crippen molar-refractivity contribution in [2.45, 2.75) is 43.0 Å². The minimum Gasteiger partial charge on any atom is -0.478 e. The Balaban J connectivity index is 2.44. The van der Waals surface area contributed by atoms with Crippen molar-refractivity contribution in [1.29, 1.82) is 0 Å². The summed E-state index contributed by atoms with van der Waals surface area (Å²) in [5.41, 5.74) is -0.276. The summed E-state index contributed by atoms with van der Waals surface area (Å²) in [6, 6.07) is 2.11. The molecular weight excluding hydrogens is 349 g/mol. The van der Waals surface area contributed by atoms with Crippen molar-refractivity contribution in [1.82, 2.24) is 4.31 Å². The number of rotatable bonds is 4. The van der Waals surface area contributed by atoms with E-state index in [2.05, 4.69) is 0 Å². The molecule has 0 heterocycles. The van der Waals surface area contributed by atoms with Crippen LogP contribution in [-0.2, 0) is 10.0 Å². The molecule has 1 aliphatic carbocycles. The molecule has 5 nitrogen and oxygen atoms in total. The average molecular weight is 366 g/mol. The zero-order valence-corrected chi connectivity index (χ0v) is 14.4. The maximum absolute atomic E-state index is 12.7. The SMILES string of the molecule is CN(C1CCCCC1)S(=O)(=O)c1cc(C(=O)O)c(Cl)cc1Cl. The van der Waals surface area contributed by atoms with Gasteiger partial charge in [0.15, 0.2) is 0 Å². The van der Waals surface area contributed by atoms with Crippen molar-refractivity contribution in [2.75, 3.05) is 7.05 Å². The van der Waals surface area contributed by atoms with E-state index in [0.717, 1.165) is 44.2 Å². The topological polar surface area (TPSA) is 74.7 Å². The predicted molar refractivity (Wildman–Crippen MR) is 85.2 cm³/mol. The summed E-state index contributed by atoms with van der Waals surface area (Å²) in [5.74, 6) is -1.29. The van der Waals surface area contributed by atoms with E-state index in [1.165, 1.54) is 11.4 Å². The van der Waals surface area contributed by atoms with Crippen LogP contribution in [0.2, 0.25) is 10.0 Å². The molecular formula is C14H17Cl2NO4S. The highest BCUT2D eigenvalue weighted by Gasteiger charge is 2.31. The smallest absolute Gasteiger partial charge is 0.337 e. The Bertz CT molecular complexity index is 684. The van der Waals surface area contributed by atoms with Gasteiger partial charge in [0, 0.05) is 13.1 Å². The van der Waals surface area contributed by atoms with Crippen LogP contribution in [0.25, 0.3) is 0 Å². The van der Waals surface area contributed by atoms with Crippen molar-refractivity contribution in [3.63, 3.8) is 0 Å². The van der Waals surface area contributed by atoms with Crippen molar-refractivity contribution < 1.29 is 18.3 Å². The first kappa shape index (κ1) is 17.5. The molecule has 0 aliphatic heterocycles. The highest BCUT2D eigenvalue weighted by molar-refractivity contribution is 7.89. The monoisotopic (exact) mass is 365 g/mol. The highest BCUT2D eigenvalue weighted by atomic mass is 35.5. The fourth-order valence-electron chi connectivity index (χ4n) is 2.69. The Morgan fingerprint density at radius 3 is 2.32 bits per heavy atom. The molecule has 0 bridgehead atoms. The third kappa shape index (κ3) is 3.40. The van der Waals surface area contributed by atoms with Crippen molar-refractivity contribution in [2.24, 2.45) is 0 Å². The van der Waals surface area contributed by atoms with Gasteiger partial charge < -0.3 is 5.11 Å². The number of benzene rings is 1. The van der Waals surface area contributed by atoms with Crippen molar-refractivity contribution in [3.8, 4) is 0 Å². The summed E-state index contributed by atoms with van der Waals surface area (Å²) in [4.78, 5) is 10.9. The molecule has 0 unspecified atom stereocenters. The molecule has 8 heteroatoms. The molecule has 0 atom stereocenters. The molecule has 0 saturated heterocycles. The Hall–Kier alpha value is -0.820. The number of carboxylic acid groups (broad SMARTS) is 1. The number of carboxylic acids is 1. The van der Waals surface area contributed by atoms with Gasteiger partial charge in [0.1, 0.15) is 4.90 Å². The summed E-state index contributed by atoms with van der Waals surface area (Å²) < 4.78 is 26.8. The van der Waals surface area contributed by atoms with E-state index >= 15 is 0 Å². The molecule has 1 aliphatic rings. The zero-order chi connectivity index (χ0) is 16.5. The van der Waals surface area contributed by atoms with Gasteiger partial charge in [-0.2, -0.15) is 4.31 Å². The molecule has 0 aromatic heterocycles. The fourth-order valence-corrected chi connectivity index (χ4v) is 4.93. The van der Waals surface area contributed by atoms with Gasteiger partial charge in [-0.1, -0.05) is 42.5 Å². The van der Waals surface area contributed by atoms with Crippen LogP contribution in [-0.4, -0.2) is 36.9 Å². The largest absolute Gasteiger partial charge is 0.478 e. The molecule has 1 aromatic rings. The van der Waals surface area contributed by atoms with Crippen LogP contribution in [0.5, 0.6) is 0 Å². The molecule has 22 heavy (non-hydrogen) atoms. The summed E-state index contributed by atoms with van der Waals surface area (Å²) in [6.45, 7) is 0. The van der Waals surface area contributed by atoms with Gasteiger partial charge >= 0.3 is 5.97 Å². The predicted octanol–water partition coefficient (Wildman–Crippen LogP) is 3.64. The van der Waals surface area contributed by atoms with E-state index in [0.29, 0.717) is 0 Å². The van der Waals surface area contributed by atoms with Crippen molar-refractivity contribution in [3.05, 3.63) is 27.7 Å². The number of nitrogens with zero attached hydrogens (tertiary/aromatic N) is 1. The van der Waals surface area contributed by atoms with E-state index in [-0.39, 0.29) is 26.5 Å². The van der Waals surface area contributed by atoms with Gasteiger partial charge in [0.05, 0.1) is 15.6 Å². The Kier molecular flexibility index (Phi) is 5.37. The molecule has 2 rings (SSSR count). The van der Waals surface area contributed by atoms with Gasteiger partial charge in [-0.3, -0.25) is 0 Å². The molecule has 1 N–H and O–H groups in total. The minimum atomic E-state index is -3.86. The van der Waals surface area contributed by atoms with E-state index in [1.807, 2.05) is 0 Å². The second kappa shape index (κ2) is 6.74. The number of hydrogen-bond acceptors (Lipinski definition) is 3. The highest BCUT2D eigenvalue weighted by Crippen LogP contribution is 2.33. The zero-order valence-electron chi connectivity index (χ0n) is 12.1. The lowest BCUT2D eigenvalue weighted by Crippen LogP contribution is -2.38. The van der Waals surface area contributed by atoms with Crippen LogP contribution in [0, 0.1) is 0 Å². The lowest BCUT2D eigenvalue weighted by molar-refractivity contribution is 0.0697. The number of sulfonamides is 1. The standard InChI is InChI=1S/C14H17Cl2NO4S/c1-17(9-5-3-2-4-6-9)22(20,21)13-7-10(14(18)19)11(15)8-12(13)16/h7-9H,2-6H2,1H3,(H,18,19). The van der Waals surface area contributed by atoms with E-state index < -0.39 is 16.0 Å². The quantitative estimate of drug-likeness (QED) is 0.883. The van der Waals surface area contributed by atoms with Crippen LogP contribution in [0.1, 0.15) is 42.5 Å². The lowest BCUT2D eigenvalue weighted by Gasteiger charge is -2.30. The second-order valence-electron chi connectivity index (χ2n) is 5.38. The van der Waals surface area contributed by atoms with E-state index in [9.17, 15) is 13.2 Å². The fraction of sp³-hybridized carbons (Fsp3) is 0.500. The number of halogens is 2. The molecule has 0 radical (unpaired) electrons. The summed E-state index contributed by atoms with van der Waals surface area (Å²) in [5, 5.41) is 8.94. The first-order valence-electron chi connectivity index (χ1n) is 6.95. The molecule has 122 valence electrons. The van der Waals surface area contributed by atoms with Crippen LogP contribution in [0.3, 0.4) is 0 Å². The van der Waals surface area contributed by atoms with E-state index in [4.69, 9.17) is 28.3 Å². The minimum absolute atomic E-state index is 0.0716. The van der Waals surface area contributed by atoms with Gasteiger partial charge in [0.2, 0.25) is 10.0 Å². The average Bonchev–Trinajstić information content (AvgIpc) is 2.46. The van der Waals surface area contributed by atoms with Crippen LogP contribution < -0.4 is 0 Å². The maximum Gasteiger partial charge on any atom is 0.337 e. The second-order valence-corrected chi connectivity index (χ2v) is 8.16. The molecule has 0 spiro atoms. The van der Waals surface area contributed by atoms with E-state index in [1.54, 1.807) is 0 Å². The number of carbonyl (C=O) groups is 1. The van der Waals surface area contributed by atoms with Crippen LogP contribution in [0.15, 0.2) is 17.0 Å². The normalized spacial score (nSPS) is 16.9. The van der Waals surface area contributed by atoms with Crippen molar-refractivity contribution >= 4 is 39.2 Å². The third-order valence-electron chi connectivity index (χ3n) is 4.00. The van der Waals surface area contributed by atoms with Crippen LogP contribution >= 0.6 is 23.2 Å². The van der Waals surface area contributed by atoms with Gasteiger partial charge in [-0.15, -0.1) is 0 Å². The summed E-state index contributed by atoms with van der Waals surface area (Å²) >= 11 is 11.8. The van der Waals surface area contributed by atoms with Gasteiger partial charge in [0.25, 0.3) is 0 Å². The molecule has 1 saturated carbocycles. The third-order valence-corrected chi connectivity index (χ3v) is 6.69. The Morgan fingerprint density at radius 1 is 1.18 bits per heavy atom. The molecule has 1 fully saturated rings. The molecule has 1 aromatic carbocycles. The maximum atomic E-state index is 12.7. The Morgan fingerprint density at radius 2 is 1.77 bits per heavy atom. The van der Waals surface area contributed by atoms with Gasteiger partial charge in [-0.25, -0.2) is 13.2 Å². The Labute approximate surface area is 139 Å². The number of aromatic carboxylic acids is 1. The summed E-state index contributed by atoms with van der Waals surface area (Å²) in [6.07, 6.45) is 4.67. The number of hydrogen-bond donors (Lipinski definition) is 1. The van der Waals surface area contributed by atoms with Crippen LogP contribution in [0.4, 0.5) is 0 Å². The molecule has 0 amide bonds. The first-order valence-corrected chi connectivity index (χ1v) is 9.15. The first-order chi connectivity index (χ1) is 10.2.